The molecule has 1 aliphatic rings. The predicted octanol–water partition coefficient (Wildman–Crippen LogP) is 2.43. The van der Waals surface area contributed by atoms with Crippen molar-refractivity contribution in [3.8, 4) is 0 Å². The fourth-order valence-electron chi connectivity index (χ4n) is 3.24. The number of nitrogens with one attached hydrogen (secondary N) is 2. The van der Waals surface area contributed by atoms with Gasteiger partial charge in [0.1, 0.15) is 0 Å². The van der Waals surface area contributed by atoms with E-state index in [9.17, 15) is 4.79 Å². The van der Waals surface area contributed by atoms with E-state index in [2.05, 4.69) is 46.7 Å². The molecule has 0 radical (unpaired) electrons. The summed E-state index contributed by atoms with van der Waals surface area (Å²) < 4.78 is 0. The number of piperidine rings is 1. The molecule has 1 aromatic rings. The number of hydrogen-bond acceptors (Lipinski definition) is 3. The Hall–Kier alpha value is -1.39. The van der Waals surface area contributed by atoms with Crippen molar-refractivity contribution in [1.29, 1.82) is 0 Å². The predicted molar refractivity (Wildman–Crippen MR) is 95.3 cm³/mol. The van der Waals surface area contributed by atoms with Crippen molar-refractivity contribution in [2.45, 2.75) is 32.7 Å². The third-order valence-corrected chi connectivity index (χ3v) is 4.87. The lowest BCUT2D eigenvalue weighted by Gasteiger charge is -2.37. The van der Waals surface area contributed by atoms with Crippen molar-refractivity contribution < 1.29 is 4.79 Å². The van der Waals surface area contributed by atoms with Crippen molar-refractivity contribution in [2.24, 2.45) is 11.8 Å². The molecule has 1 heterocycles. The maximum Gasteiger partial charge on any atom is 0.224 e. The van der Waals surface area contributed by atoms with Crippen LogP contribution in [0.1, 0.15) is 38.3 Å². The molecule has 1 aliphatic heterocycles. The smallest absolute Gasteiger partial charge is 0.224 e. The van der Waals surface area contributed by atoms with E-state index in [1.54, 1.807) is 0 Å². The molecule has 1 fully saturated rings. The van der Waals surface area contributed by atoms with Gasteiger partial charge in [0.25, 0.3) is 0 Å². The van der Waals surface area contributed by atoms with Gasteiger partial charge in [-0.1, -0.05) is 44.2 Å². The third-order valence-electron chi connectivity index (χ3n) is 4.87. The van der Waals surface area contributed by atoms with Crippen LogP contribution in [0.15, 0.2) is 30.3 Å². The van der Waals surface area contributed by atoms with Gasteiger partial charge in [0, 0.05) is 19.0 Å². The van der Waals surface area contributed by atoms with Gasteiger partial charge < -0.3 is 10.6 Å². The summed E-state index contributed by atoms with van der Waals surface area (Å²) >= 11 is 0. The first kappa shape index (κ1) is 18.0. The van der Waals surface area contributed by atoms with Crippen molar-refractivity contribution >= 4 is 5.91 Å². The van der Waals surface area contributed by atoms with Crippen LogP contribution < -0.4 is 10.6 Å². The lowest BCUT2D eigenvalue weighted by atomic mass is 9.95. The first-order valence-electron chi connectivity index (χ1n) is 8.83. The number of nitrogens with zero attached hydrogens (tertiary/aromatic N) is 1. The molecule has 4 nitrogen and oxygen atoms in total. The van der Waals surface area contributed by atoms with E-state index in [1.807, 2.05) is 20.0 Å². The number of carbonyl (C=O) groups is 1. The fourth-order valence-corrected chi connectivity index (χ4v) is 3.24. The Labute approximate surface area is 140 Å². The quantitative estimate of drug-likeness (QED) is 0.812. The van der Waals surface area contributed by atoms with E-state index in [1.165, 1.54) is 18.4 Å². The molecular formula is C19H31N3O. The summed E-state index contributed by atoms with van der Waals surface area (Å²) in [6.07, 6.45) is 2.49. The second-order valence-corrected chi connectivity index (χ2v) is 6.85. The van der Waals surface area contributed by atoms with Crippen LogP contribution >= 0.6 is 0 Å². The molecule has 2 unspecified atom stereocenters. The van der Waals surface area contributed by atoms with E-state index >= 15 is 0 Å². The SMILES string of the molecule is CNCC(C)C(=O)NCC(c1ccccc1)N1CCC(C)CC1. The van der Waals surface area contributed by atoms with E-state index in [0.29, 0.717) is 13.1 Å². The summed E-state index contributed by atoms with van der Waals surface area (Å²) in [6.45, 7) is 7.92. The normalized spacial score (nSPS) is 19.3. The van der Waals surface area contributed by atoms with Gasteiger partial charge in [-0.05, 0) is 44.5 Å². The highest BCUT2D eigenvalue weighted by Crippen LogP contribution is 2.26. The number of rotatable bonds is 7. The van der Waals surface area contributed by atoms with Crippen molar-refractivity contribution in [2.75, 3.05) is 33.2 Å². The molecular weight excluding hydrogens is 286 g/mol. The Balaban J connectivity index is 2.01. The Kier molecular flexibility index (Phi) is 7.06. The highest BCUT2D eigenvalue weighted by atomic mass is 16.1. The Morgan fingerprint density at radius 3 is 2.48 bits per heavy atom. The molecule has 0 aliphatic carbocycles. The molecule has 2 N–H and O–H groups in total. The van der Waals surface area contributed by atoms with Gasteiger partial charge in [-0.3, -0.25) is 9.69 Å². The molecule has 23 heavy (non-hydrogen) atoms. The van der Waals surface area contributed by atoms with Gasteiger partial charge in [-0.25, -0.2) is 0 Å². The zero-order valence-corrected chi connectivity index (χ0v) is 14.7. The number of amides is 1. The molecule has 128 valence electrons. The zero-order valence-electron chi connectivity index (χ0n) is 14.7. The average molecular weight is 317 g/mol. The molecule has 0 bridgehead atoms. The minimum atomic E-state index is -0.00204. The van der Waals surface area contributed by atoms with Gasteiger partial charge in [0.05, 0.1) is 6.04 Å². The van der Waals surface area contributed by atoms with Gasteiger partial charge in [-0.2, -0.15) is 0 Å². The number of likely N-dealkylation sites (tertiary alicyclic amines) is 1. The molecule has 0 aromatic heterocycles. The van der Waals surface area contributed by atoms with E-state index in [0.717, 1.165) is 19.0 Å². The van der Waals surface area contributed by atoms with Crippen molar-refractivity contribution in [1.82, 2.24) is 15.5 Å². The standard InChI is InChI=1S/C19H31N3O/c1-15-9-11-22(12-10-15)18(17-7-5-4-6-8-17)14-21-19(23)16(2)13-20-3/h4-8,15-16,18,20H,9-14H2,1-3H3,(H,21,23). The topological polar surface area (TPSA) is 44.4 Å². The van der Waals surface area contributed by atoms with E-state index in [-0.39, 0.29) is 17.9 Å². The van der Waals surface area contributed by atoms with Crippen LogP contribution in [0.4, 0.5) is 0 Å². The van der Waals surface area contributed by atoms with Crippen LogP contribution in [0.25, 0.3) is 0 Å². The van der Waals surface area contributed by atoms with Gasteiger partial charge in [0.15, 0.2) is 0 Å². The fraction of sp³-hybridized carbons (Fsp3) is 0.632. The summed E-state index contributed by atoms with van der Waals surface area (Å²) in [6, 6.07) is 10.8. The number of hydrogen-bond donors (Lipinski definition) is 2. The largest absolute Gasteiger partial charge is 0.354 e. The molecule has 2 atom stereocenters. The van der Waals surface area contributed by atoms with Crippen LogP contribution in [0.3, 0.4) is 0 Å². The molecule has 4 heteroatoms. The Morgan fingerprint density at radius 1 is 1.22 bits per heavy atom. The molecule has 0 spiro atoms. The number of carbonyl (C=O) groups excluding carboxylic acids is 1. The first-order valence-corrected chi connectivity index (χ1v) is 8.83. The number of benzene rings is 1. The molecule has 1 aromatic carbocycles. The third kappa shape index (κ3) is 5.33. The molecule has 1 amide bonds. The summed E-state index contributed by atoms with van der Waals surface area (Å²) in [7, 11) is 1.88. The van der Waals surface area contributed by atoms with Crippen LogP contribution in [0.5, 0.6) is 0 Å². The maximum atomic E-state index is 12.2. The van der Waals surface area contributed by atoms with Crippen LogP contribution in [0, 0.1) is 11.8 Å². The van der Waals surface area contributed by atoms with Crippen LogP contribution in [-0.4, -0.2) is 44.0 Å². The lowest BCUT2D eigenvalue weighted by Crippen LogP contribution is -2.43. The minimum absolute atomic E-state index is 0.00204. The highest BCUT2D eigenvalue weighted by molar-refractivity contribution is 5.78. The Bertz CT molecular complexity index is 469. The lowest BCUT2D eigenvalue weighted by molar-refractivity contribution is -0.124. The van der Waals surface area contributed by atoms with Crippen LogP contribution in [0.2, 0.25) is 0 Å². The zero-order chi connectivity index (χ0) is 16.7. The average Bonchev–Trinajstić information content (AvgIpc) is 2.57. The Morgan fingerprint density at radius 2 is 1.87 bits per heavy atom. The first-order chi connectivity index (χ1) is 11.1. The molecule has 2 rings (SSSR count). The van der Waals surface area contributed by atoms with Crippen LogP contribution in [-0.2, 0) is 4.79 Å². The summed E-state index contributed by atoms with van der Waals surface area (Å²) in [5.74, 6) is 0.941. The summed E-state index contributed by atoms with van der Waals surface area (Å²) in [4.78, 5) is 14.8. The van der Waals surface area contributed by atoms with Gasteiger partial charge in [-0.15, -0.1) is 0 Å². The van der Waals surface area contributed by atoms with Crippen molar-refractivity contribution in [3.05, 3.63) is 35.9 Å². The van der Waals surface area contributed by atoms with E-state index < -0.39 is 0 Å². The second-order valence-electron chi connectivity index (χ2n) is 6.85. The van der Waals surface area contributed by atoms with Gasteiger partial charge in [0.2, 0.25) is 5.91 Å². The summed E-state index contributed by atoms with van der Waals surface area (Å²) in [5, 5.41) is 6.22. The van der Waals surface area contributed by atoms with E-state index in [4.69, 9.17) is 0 Å². The second kappa shape index (κ2) is 9.04. The summed E-state index contributed by atoms with van der Waals surface area (Å²) in [5.41, 5.74) is 1.30. The molecule has 0 saturated carbocycles. The molecule has 1 saturated heterocycles. The maximum absolute atomic E-state index is 12.2. The van der Waals surface area contributed by atoms with Crippen molar-refractivity contribution in [3.63, 3.8) is 0 Å². The highest BCUT2D eigenvalue weighted by Gasteiger charge is 2.25. The van der Waals surface area contributed by atoms with Gasteiger partial charge >= 0.3 is 0 Å². The minimum Gasteiger partial charge on any atom is -0.354 e. The monoisotopic (exact) mass is 317 g/mol.